The predicted octanol–water partition coefficient (Wildman–Crippen LogP) is 3.79. The SMILES string of the molecule is CCC(=O)N1C[C@@H]2CN(c3nc(C)ncc3Cl)C[C@@H]2[C@H]1c1ccccc1C. The third-order valence-electron chi connectivity index (χ3n) is 5.94. The highest BCUT2D eigenvalue weighted by molar-refractivity contribution is 6.32. The van der Waals surface area contributed by atoms with Crippen molar-refractivity contribution in [2.75, 3.05) is 24.5 Å². The number of fused-ring (bicyclic) bond motifs is 1. The summed E-state index contributed by atoms with van der Waals surface area (Å²) in [6.07, 6.45) is 2.22. The molecule has 0 aliphatic carbocycles. The Bertz CT molecular complexity index is 871. The molecule has 1 aromatic carbocycles. The molecule has 0 spiro atoms. The third-order valence-corrected chi connectivity index (χ3v) is 6.21. The van der Waals surface area contributed by atoms with Crippen LogP contribution >= 0.6 is 11.6 Å². The second kappa shape index (κ2) is 7.12. The minimum absolute atomic E-state index is 0.121. The molecule has 0 unspecified atom stereocenters. The maximum absolute atomic E-state index is 12.7. The molecule has 27 heavy (non-hydrogen) atoms. The van der Waals surface area contributed by atoms with Crippen molar-refractivity contribution < 1.29 is 4.79 Å². The number of benzene rings is 1. The summed E-state index contributed by atoms with van der Waals surface area (Å²) in [5.74, 6) is 2.59. The van der Waals surface area contributed by atoms with Crippen molar-refractivity contribution in [3.63, 3.8) is 0 Å². The lowest BCUT2D eigenvalue weighted by atomic mass is 9.87. The van der Waals surface area contributed by atoms with E-state index in [2.05, 4.69) is 51.0 Å². The number of anilines is 1. The zero-order valence-electron chi connectivity index (χ0n) is 16.0. The van der Waals surface area contributed by atoms with Gasteiger partial charge in [0.1, 0.15) is 10.8 Å². The van der Waals surface area contributed by atoms with Crippen molar-refractivity contribution in [3.8, 4) is 0 Å². The van der Waals surface area contributed by atoms with E-state index in [0.717, 1.165) is 31.3 Å². The van der Waals surface area contributed by atoms with E-state index >= 15 is 0 Å². The number of hydrogen-bond donors (Lipinski definition) is 0. The van der Waals surface area contributed by atoms with Crippen LogP contribution in [0.5, 0.6) is 0 Å². The number of carbonyl (C=O) groups excluding carboxylic acids is 1. The fraction of sp³-hybridized carbons (Fsp3) is 0.476. The Morgan fingerprint density at radius 1 is 1.22 bits per heavy atom. The molecule has 6 heteroatoms. The normalized spacial score (nSPS) is 24.4. The van der Waals surface area contributed by atoms with Crippen LogP contribution in [-0.2, 0) is 4.79 Å². The number of amides is 1. The Morgan fingerprint density at radius 3 is 2.74 bits per heavy atom. The Morgan fingerprint density at radius 2 is 2.00 bits per heavy atom. The molecular weight excluding hydrogens is 360 g/mol. The van der Waals surface area contributed by atoms with Gasteiger partial charge in [0, 0.05) is 37.9 Å². The number of rotatable bonds is 3. The van der Waals surface area contributed by atoms with E-state index in [0.29, 0.717) is 23.3 Å². The first kappa shape index (κ1) is 18.2. The van der Waals surface area contributed by atoms with E-state index in [-0.39, 0.29) is 11.9 Å². The van der Waals surface area contributed by atoms with E-state index in [4.69, 9.17) is 11.6 Å². The van der Waals surface area contributed by atoms with Gasteiger partial charge >= 0.3 is 0 Å². The van der Waals surface area contributed by atoms with Gasteiger partial charge in [-0.3, -0.25) is 4.79 Å². The van der Waals surface area contributed by atoms with Gasteiger partial charge in [0.05, 0.1) is 12.2 Å². The van der Waals surface area contributed by atoms with Crippen LogP contribution in [0.15, 0.2) is 30.5 Å². The lowest BCUT2D eigenvalue weighted by Crippen LogP contribution is -2.35. The van der Waals surface area contributed by atoms with Crippen molar-refractivity contribution in [2.24, 2.45) is 11.8 Å². The molecule has 142 valence electrons. The lowest BCUT2D eigenvalue weighted by Gasteiger charge is -2.31. The number of likely N-dealkylation sites (tertiary alicyclic amines) is 1. The quantitative estimate of drug-likeness (QED) is 0.807. The summed E-state index contributed by atoms with van der Waals surface area (Å²) >= 11 is 6.38. The molecule has 2 aliphatic heterocycles. The zero-order chi connectivity index (χ0) is 19.1. The number of halogens is 1. The molecule has 2 fully saturated rings. The van der Waals surface area contributed by atoms with Gasteiger partial charge in [0.25, 0.3) is 0 Å². The van der Waals surface area contributed by atoms with Crippen LogP contribution in [0.25, 0.3) is 0 Å². The molecule has 5 nitrogen and oxygen atoms in total. The molecule has 0 saturated carbocycles. The van der Waals surface area contributed by atoms with Gasteiger partial charge in [0.15, 0.2) is 5.82 Å². The highest BCUT2D eigenvalue weighted by atomic mass is 35.5. The van der Waals surface area contributed by atoms with Crippen LogP contribution in [0.2, 0.25) is 5.02 Å². The average Bonchev–Trinajstić information content (AvgIpc) is 3.21. The molecule has 0 N–H and O–H groups in total. The Hall–Kier alpha value is -2.14. The van der Waals surface area contributed by atoms with Crippen molar-refractivity contribution >= 4 is 23.3 Å². The van der Waals surface area contributed by atoms with Crippen molar-refractivity contribution in [3.05, 3.63) is 52.4 Å². The molecule has 1 amide bonds. The van der Waals surface area contributed by atoms with E-state index in [1.54, 1.807) is 6.20 Å². The van der Waals surface area contributed by atoms with E-state index in [1.807, 2.05) is 13.8 Å². The summed E-state index contributed by atoms with van der Waals surface area (Å²) in [4.78, 5) is 25.8. The smallest absolute Gasteiger partial charge is 0.222 e. The van der Waals surface area contributed by atoms with Crippen molar-refractivity contribution in [1.29, 1.82) is 0 Å². The number of aryl methyl sites for hydroxylation is 2. The predicted molar refractivity (Wildman–Crippen MR) is 107 cm³/mol. The van der Waals surface area contributed by atoms with Gasteiger partial charge in [0.2, 0.25) is 5.91 Å². The third kappa shape index (κ3) is 3.18. The van der Waals surface area contributed by atoms with E-state index in [9.17, 15) is 4.79 Å². The first-order valence-electron chi connectivity index (χ1n) is 9.58. The Balaban J connectivity index is 1.68. The molecule has 2 aliphatic rings. The Labute approximate surface area is 165 Å². The fourth-order valence-electron chi connectivity index (χ4n) is 4.66. The van der Waals surface area contributed by atoms with Gasteiger partial charge in [-0.2, -0.15) is 0 Å². The summed E-state index contributed by atoms with van der Waals surface area (Å²) in [7, 11) is 0. The maximum atomic E-state index is 12.7. The Kier molecular flexibility index (Phi) is 4.81. The second-order valence-corrected chi connectivity index (χ2v) is 8.03. The van der Waals surface area contributed by atoms with Gasteiger partial charge in [-0.1, -0.05) is 42.8 Å². The lowest BCUT2D eigenvalue weighted by molar-refractivity contribution is -0.132. The number of hydrogen-bond acceptors (Lipinski definition) is 4. The monoisotopic (exact) mass is 384 g/mol. The largest absolute Gasteiger partial charge is 0.355 e. The van der Waals surface area contributed by atoms with Crippen LogP contribution in [0.3, 0.4) is 0 Å². The van der Waals surface area contributed by atoms with Crippen LogP contribution in [-0.4, -0.2) is 40.4 Å². The highest BCUT2D eigenvalue weighted by Gasteiger charge is 2.49. The molecule has 0 radical (unpaired) electrons. The van der Waals surface area contributed by atoms with Crippen LogP contribution in [0, 0.1) is 25.7 Å². The first-order valence-corrected chi connectivity index (χ1v) is 9.96. The number of nitrogens with zero attached hydrogens (tertiary/aromatic N) is 4. The molecule has 0 bridgehead atoms. The first-order chi connectivity index (χ1) is 13.0. The van der Waals surface area contributed by atoms with Gasteiger partial charge in [-0.05, 0) is 25.0 Å². The molecule has 3 heterocycles. The summed E-state index contributed by atoms with van der Waals surface area (Å²) in [6.45, 7) is 8.49. The zero-order valence-corrected chi connectivity index (χ0v) is 16.8. The standard InChI is InChI=1S/C21H25ClN4O/c1-4-19(27)26-11-15-10-25(21-18(22)9-23-14(3)24-21)12-17(15)20(26)16-8-6-5-7-13(16)2/h5-9,15,17,20H,4,10-12H2,1-3H3/t15-,17-,20+/m0/s1. The van der Waals surface area contributed by atoms with Gasteiger partial charge in [-0.25, -0.2) is 9.97 Å². The highest BCUT2D eigenvalue weighted by Crippen LogP contribution is 2.47. The van der Waals surface area contributed by atoms with Crippen molar-refractivity contribution in [1.82, 2.24) is 14.9 Å². The molecule has 2 saturated heterocycles. The summed E-state index contributed by atoms with van der Waals surface area (Å²) in [5.41, 5.74) is 2.50. The number of carbonyl (C=O) groups is 1. The molecule has 1 aromatic heterocycles. The summed E-state index contributed by atoms with van der Waals surface area (Å²) in [5, 5.41) is 0.592. The summed E-state index contributed by atoms with van der Waals surface area (Å²) in [6, 6.07) is 8.55. The van der Waals surface area contributed by atoms with Crippen LogP contribution < -0.4 is 4.90 Å². The fourth-order valence-corrected chi connectivity index (χ4v) is 4.87. The molecule has 2 aromatic rings. The van der Waals surface area contributed by atoms with Gasteiger partial charge in [-0.15, -0.1) is 0 Å². The minimum atomic E-state index is 0.121. The number of aromatic nitrogens is 2. The molecular formula is C21H25ClN4O. The second-order valence-electron chi connectivity index (χ2n) is 7.62. The van der Waals surface area contributed by atoms with Crippen LogP contribution in [0.1, 0.15) is 36.3 Å². The van der Waals surface area contributed by atoms with E-state index < -0.39 is 0 Å². The minimum Gasteiger partial charge on any atom is -0.355 e. The topological polar surface area (TPSA) is 49.3 Å². The van der Waals surface area contributed by atoms with Crippen LogP contribution in [0.4, 0.5) is 5.82 Å². The average molecular weight is 385 g/mol. The van der Waals surface area contributed by atoms with Gasteiger partial charge < -0.3 is 9.80 Å². The summed E-state index contributed by atoms with van der Waals surface area (Å²) < 4.78 is 0. The van der Waals surface area contributed by atoms with Crippen molar-refractivity contribution in [2.45, 2.75) is 33.2 Å². The van der Waals surface area contributed by atoms with E-state index in [1.165, 1.54) is 11.1 Å². The maximum Gasteiger partial charge on any atom is 0.222 e. The molecule has 4 rings (SSSR count). The molecule has 3 atom stereocenters.